The molecule has 0 aliphatic heterocycles. The molecule has 21 heavy (non-hydrogen) atoms. The van der Waals surface area contributed by atoms with Gasteiger partial charge in [0.2, 0.25) is 0 Å². The Bertz CT molecular complexity index is 656. The number of benzene rings is 2. The van der Waals surface area contributed by atoms with Gasteiger partial charge in [0, 0.05) is 19.7 Å². The van der Waals surface area contributed by atoms with Gasteiger partial charge in [-0.1, -0.05) is 35.9 Å². The summed E-state index contributed by atoms with van der Waals surface area (Å²) in [5.41, 5.74) is 3.34. The quantitative estimate of drug-likeness (QED) is 0.677. The van der Waals surface area contributed by atoms with E-state index in [0.717, 1.165) is 11.1 Å². The second kappa shape index (κ2) is 6.37. The molecule has 110 valence electrons. The van der Waals surface area contributed by atoms with E-state index in [-0.39, 0.29) is 12.3 Å². The molecular formula is C16H18N2O3. The number of nitro groups is 1. The normalized spacial score (nSPS) is 10.4. The summed E-state index contributed by atoms with van der Waals surface area (Å²) in [6.07, 6.45) is 0. The van der Waals surface area contributed by atoms with E-state index in [4.69, 9.17) is 5.11 Å². The predicted molar refractivity (Wildman–Crippen MR) is 82.3 cm³/mol. The molecule has 0 heterocycles. The number of aliphatic hydroxyl groups is 1. The highest BCUT2D eigenvalue weighted by Gasteiger charge is 2.18. The van der Waals surface area contributed by atoms with Gasteiger partial charge in [-0.3, -0.25) is 10.1 Å². The Labute approximate surface area is 123 Å². The van der Waals surface area contributed by atoms with Crippen molar-refractivity contribution >= 4 is 11.4 Å². The summed E-state index contributed by atoms with van der Waals surface area (Å²) in [6.45, 7) is 2.39. The van der Waals surface area contributed by atoms with Crippen LogP contribution in [-0.2, 0) is 13.2 Å². The Balaban J connectivity index is 2.30. The first-order valence-corrected chi connectivity index (χ1v) is 6.66. The molecule has 0 atom stereocenters. The molecular weight excluding hydrogens is 268 g/mol. The lowest BCUT2D eigenvalue weighted by Crippen LogP contribution is -2.17. The maximum absolute atomic E-state index is 11.2. The van der Waals surface area contributed by atoms with Crippen LogP contribution in [0.15, 0.2) is 42.5 Å². The number of aliphatic hydroxyl groups excluding tert-OH is 1. The predicted octanol–water partition coefficient (Wildman–Crippen LogP) is 3.03. The van der Waals surface area contributed by atoms with Crippen molar-refractivity contribution in [1.82, 2.24) is 0 Å². The fourth-order valence-electron chi connectivity index (χ4n) is 2.31. The first kappa shape index (κ1) is 15.0. The van der Waals surface area contributed by atoms with E-state index in [1.54, 1.807) is 12.1 Å². The van der Waals surface area contributed by atoms with Crippen molar-refractivity contribution < 1.29 is 10.0 Å². The van der Waals surface area contributed by atoms with E-state index < -0.39 is 4.92 Å². The molecule has 0 aliphatic rings. The van der Waals surface area contributed by atoms with Gasteiger partial charge in [-0.25, -0.2) is 0 Å². The van der Waals surface area contributed by atoms with E-state index in [9.17, 15) is 10.1 Å². The lowest BCUT2D eigenvalue weighted by atomic mass is 10.1. The van der Waals surface area contributed by atoms with Crippen molar-refractivity contribution in [3.05, 3.63) is 69.3 Å². The first-order chi connectivity index (χ1) is 10.0. The summed E-state index contributed by atoms with van der Waals surface area (Å²) < 4.78 is 0. The van der Waals surface area contributed by atoms with Crippen molar-refractivity contribution in [2.24, 2.45) is 0 Å². The van der Waals surface area contributed by atoms with Gasteiger partial charge in [-0.2, -0.15) is 0 Å². The number of nitro benzene ring substituents is 1. The van der Waals surface area contributed by atoms with E-state index in [1.165, 1.54) is 6.07 Å². The Morgan fingerprint density at radius 2 is 1.95 bits per heavy atom. The van der Waals surface area contributed by atoms with Crippen LogP contribution in [0.5, 0.6) is 0 Å². The van der Waals surface area contributed by atoms with Crippen molar-refractivity contribution in [1.29, 1.82) is 0 Å². The molecule has 0 saturated heterocycles. The van der Waals surface area contributed by atoms with Gasteiger partial charge >= 0.3 is 0 Å². The molecule has 5 heteroatoms. The number of hydrogen-bond acceptors (Lipinski definition) is 4. The van der Waals surface area contributed by atoms with Gasteiger partial charge in [0.1, 0.15) is 5.69 Å². The average Bonchev–Trinajstić information content (AvgIpc) is 2.46. The molecule has 0 aromatic heterocycles. The zero-order valence-corrected chi connectivity index (χ0v) is 12.1. The first-order valence-electron chi connectivity index (χ1n) is 6.66. The minimum Gasteiger partial charge on any atom is -0.392 e. The summed E-state index contributed by atoms with van der Waals surface area (Å²) in [5, 5.41) is 20.3. The summed E-state index contributed by atoms with van der Waals surface area (Å²) >= 11 is 0. The second-order valence-corrected chi connectivity index (χ2v) is 5.08. The van der Waals surface area contributed by atoms with Crippen LogP contribution < -0.4 is 4.90 Å². The van der Waals surface area contributed by atoms with Crippen LogP contribution in [0.3, 0.4) is 0 Å². The lowest BCUT2D eigenvalue weighted by molar-refractivity contribution is -0.384. The Hall–Kier alpha value is -2.40. The topological polar surface area (TPSA) is 66.6 Å². The van der Waals surface area contributed by atoms with E-state index in [0.29, 0.717) is 17.8 Å². The van der Waals surface area contributed by atoms with E-state index in [1.807, 2.05) is 37.1 Å². The van der Waals surface area contributed by atoms with Crippen LogP contribution in [0, 0.1) is 17.0 Å². The Morgan fingerprint density at radius 3 is 2.57 bits per heavy atom. The van der Waals surface area contributed by atoms with Crippen LogP contribution >= 0.6 is 0 Å². The lowest BCUT2D eigenvalue weighted by Gasteiger charge is -2.20. The number of anilines is 1. The largest absolute Gasteiger partial charge is 0.392 e. The van der Waals surface area contributed by atoms with Crippen molar-refractivity contribution in [2.75, 3.05) is 11.9 Å². The molecule has 0 spiro atoms. The Kier molecular flexibility index (Phi) is 4.55. The van der Waals surface area contributed by atoms with Crippen LogP contribution in [0.4, 0.5) is 11.4 Å². The number of hydrogen-bond donors (Lipinski definition) is 1. The van der Waals surface area contributed by atoms with Gasteiger partial charge < -0.3 is 10.0 Å². The maximum atomic E-state index is 11.2. The molecule has 2 aromatic carbocycles. The van der Waals surface area contributed by atoms with Gasteiger partial charge in [-0.05, 0) is 24.1 Å². The smallest absolute Gasteiger partial charge is 0.292 e. The minimum atomic E-state index is -0.415. The fraction of sp³-hybridized carbons (Fsp3) is 0.250. The van der Waals surface area contributed by atoms with Crippen molar-refractivity contribution in [2.45, 2.75) is 20.1 Å². The van der Waals surface area contributed by atoms with Crippen molar-refractivity contribution in [3.8, 4) is 0 Å². The SMILES string of the molecule is Cc1cccc(CN(C)c2ccc(CO)cc2[N+](=O)[O-])c1. The zero-order valence-electron chi connectivity index (χ0n) is 12.1. The highest BCUT2D eigenvalue weighted by atomic mass is 16.6. The number of rotatable bonds is 5. The molecule has 0 radical (unpaired) electrons. The molecule has 5 nitrogen and oxygen atoms in total. The molecule has 0 aliphatic carbocycles. The van der Waals surface area contributed by atoms with Crippen LogP contribution in [-0.4, -0.2) is 17.1 Å². The van der Waals surface area contributed by atoms with E-state index >= 15 is 0 Å². The minimum absolute atomic E-state index is 0.0108. The third-order valence-electron chi connectivity index (χ3n) is 3.33. The van der Waals surface area contributed by atoms with Crippen LogP contribution in [0.2, 0.25) is 0 Å². The summed E-state index contributed by atoms with van der Waals surface area (Å²) in [7, 11) is 1.82. The molecule has 0 bridgehead atoms. The summed E-state index contributed by atoms with van der Waals surface area (Å²) in [6, 6.07) is 12.8. The third-order valence-corrected chi connectivity index (χ3v) is 3.33. The molecule has 0 fully saturated rings. The van der Waals surface area contributed by atoms with Crippen molar-refractivity contribution in [3.63, 3.8) is 0 Å². The zero-order chi connectivity index (χ0) is 15.4. The molecule has 1 N–H and O–H groups in total. The molecule has 2 rings (SSSR count). The summed E-state index contributed by atoms with van der Waals surface area (Å²) in [5.74, 6) is 0. The summed E-state index contributed by atoms with van der Waals surface area (Å²) in [4.78, 5) is 12.6. The number of nitrogens with zero attached hydrogens (tertiary/aromatic N) is 2. The number of aryl methyl sites for hydroxylation is 1. The third kappa shape index (κ3) is 3.58. The molecule has 0 amide bonds. The highest BCUT2D eigenvalue weighted by molar-refractivity contribution is 5.64. The highest BCUT2D eigenvalue weighted by Crippen LogP contribution is 2.29. The maximum Gasteiger partial charge on any atom is 0.292 e. The van der Waals surface area contributed by atoms with E-state index in [2.05, 4.69) is 6.07 Å². The van der Waals surface area contributed by atoms with Gasteiger partial charge in [0.05, 0.1) is 11.5 Å². The van der Waals surface area contributed by atoms with Crippen LogP contribution in [0.1, 0.15) is 16.7 Å². The average molecular weight is 286 g/mol. The molecule has 0 unspecified atom stereocenters. The van der Waals surface area contributed by atoms with Crippen LogP contribution in [0.25, 0.3) is 0 Å². The molecule has 2 aromatic rings. The fourth-order valence-corrected chi connectivity index (χ4v) is 2.31. The Morgan fingerprint density at radius 1 is 1.19 bits per heavy atom. The van der Waals surface area contributed by atoms with Gasteiger partial charge in [0.25, 0.3) is 5.69 Å². The van der Waals surface area contributed by atoms with Gasteiger partial charge in [0.15, 0.2) is 0 Å². The molecule has 0 saturated carbocycles. The van der Waals surface area contributed by atoms with Gasteiger partial charge in [-0.15, -0.1) is 0 Å². The standard InChI is InChI=1S/C16H18N2O3/c1-12-4-3-5-13(8-12)10-17(2)15-7-6-14(11-19)9-16(15)18(20)21/h3-9,19H,10-11H2,1-2H3. The monoisotopic (exact) mass is 286 g/mol. The second-order valence-electron chi connectivity index (χ2n) is 5.08.